The second kappa shape index (κ2) is 8.41. The number of aryl methyl sites for hydroxylation is 1. The van der Waals surface area contributed by atoms with Crippen LogP contribution >= 0.6 is 0 Å². The third kappa shape index (κ3) is 4.01. The standard InChI is InChI=1S/C20H22FN3O5S/c1-4-23-17-10-9-16(30(27,28)22(2)3)13-18(17)24(20(26)19(23)25)11-12-29-15-7-5-14(21)6-8-15/h5-10,13H,4,11-12H2,1-3H3. The molecule has 2 aromatic carbocycles. The van der Waals surface area contributed by atoms with Crippen LogP contribution in [0.3, 0.4) is 0 Å². The van der Waals surface area contributed by atoms with Crippen LogP contribution in [0, 0.1) is 5.82 Å². The van der Waals surface area contributed by atoms with Crippen molar-refractivity contribution in [2.75, 3.05) is 20.7 Å². The Morgan fingerprint density at radius 1 is 0.967 bits per heavy atom. The second-order valence-electron chi connectivity index (χ2n) is 6.75. The molecule has 30 heavy (non-hydrogen) atoms. The molecule has 0 N–H and O–H groups in total. The molecular weight excluding hydrogens is 413 g/mol. The van der Waals surface area contributed by atoms with Gasteiger partial charge in [0.1, 0.15) is 18.2 Å². The summed E-state index contributed by atoms with van der Waals surface area (Å²) in [6.07, 6.45) is 0. The van der Waals surface area contributed by atoms with E-state index in [1.54, 1.807) is 6.92 Å². The van der Waals surface area contributed by atoms with Gasteiger partial charge in [0.05, 0.1) is 22.5 Å². The molecule has 3 aromatic rings. The third-order valence-corrected chi connectivity index (χ3v) is 6.50. The number of hydrogen-bond acceptors (Lipinski definition) is 5. The molecule has 8 nitrogen and oxygen atoms in total. The van der Waals surface area contributed by atoms with Gasteiger partial charge in [-0.1, -0.05) is 0 Å². The fraction of sp³-hybridized carbons (Fsp3) is 0.300. The summed E-state index contributed by atoms with van der Waals surface area (Å²) in [5.74, 6) is 0.00824. The molecule has 160 valence electrons. The van der Waals surface area contributed by atoms with E-state index in [4.69, 9.17) is 4.74 Å². The molecule has 1 aromatic heterocycles. The summed E-state index contributed by atoms with van der Waals surface area (Å²) in [5.41, 5.74) is -0.713. The zero-order chi connectivity index (χ0) is 22.1. The summed E-state index contributed by atoms with van der Waals surface area (Å²) in [5, 5.41) is 0. The van der Waals surface area contributed by atoms with Crippen LogP contribution < -0.4 is 15.9 Å². The highest BCUT2D eigenvalue weighted by Crippen LogP contribution is 2.20. The SMILES string of the molecule is CCn1c(=O)c(=O)n(CCOc2ccc(F)cc2)c2cc(S(=O)(=O)N(C)C)ccc21. The summed E-state index contributed by atoms with van der Waals surface area (Å²) in [6.45, 7) is 2.03. The number of sulfonamides is 1. The van der Waals surface area contributed by atoms with E-state index in [1.165, 1.54) is 65.7 Å². The molecular formula is C20H22FN3O5S. The maximum atomic E-state index is 13.0. The lowest BCUT2D eigenvalue weighted by Gasteiger charge is -2.17. The van der Waals surface area contributed by atoms with Crippen molar-refractivity contribution >= 4 is 21.1 Å². The molecule has 0 atom stereocenters. The maximum Gasteiger partial charge on any atom is 0.317 e. The van der Waals surface area contributed by atoms with Gasteiger partial charge in [-0.15, -0.1) is 0 Å². The molecule has 3 rings (SSSR count). The lowest BCUT2D eigenvalue weighted by molar-refractivity contribution is 0.297. The molecule has 0 bridgehead atoms. The van der Waals surface area contributed by atoms with E-state index in [0.29, 0.717) is 16.8 Å². The molecule has 0 saturated carbocycles. The molecule has 1 heterocycles. The van der Waals surface area contributed by atoms with Gasteiger partial charge in [-0.25, -0.2) is 17.1 Å². The fourth-order valence-corrected chi connectivity index (χ4v) is 4.01. The monoisotopic (exact) mass is 435 g/mol. The predicted molar refractivity (Wildman–Crippen MR) is 111 cm³/mol. The van der Waals surface area contributed by atoms with Gasteiger partial charge in [-0.3, -0.25) is 14.2 Å². The summed E-state index contributed by atoms with van der Waals surface area (Å²) in [4.78, 5) is 25.2. The van der Waals surface area contributed by atoms with Gasteiger partial charge < -0.3 is 9.30 Å². The number of fused-ring (bicyclic) bond motifs is 1. The van der Waals surface area contributed by atoms with Crippen molar-refractivity contribution in [3.63, 3.8) is 0 Å². The third-order valence-electron chi connectivity index (χ3n) is 4.69. The fourth-order valence-electron chi connectivity index (χ4n) is 3.09. The molecule has 0 radical (unpaired) electrons. The largest absolute Gasteiger partial charge is 0.492 e. The molecule has 0 spiro atoms. The Bertz CT molecular complexity index is 1290. The van der Waals surface area contributed by atoms with Gasteiger partial charge in [-0.05, 0) is 49.4 Å². The van der Waals surface area contributed by atoms with Crippen LogP contribution in [-0.4, -0.2) is 42.6 Å². The summed E-state index contributed by atoms with van der Waals surface area (Å²) < 4.78 is 47.2. The van der Waals surface area contributed by atoms with Crippen molar-refractivity contribution in [1.82, 2.24) is 13.4 Å². The zero-order valence-corrected chi connectivity index (χ0v) is 17.6. The van der Waals surface area contributed by atoms with Gasteiger partial charge in [0.25, 0.3) is 0 Å². The van der Waals surface area contributed by atoms with Crippen LogP contribution in [0.4, 0.5) is 4.39 Å². The number of halogens is 1. The number of rotatable bonds is 7. The first-order chi connectivity index (χ1) is 14.2. The van der Waals surface area contributed by atoms with E-state index < -0.39 is 27.0 Å². The van der Waals surface area contributed by atoms with Gasteiger partial charge >= 0.3 is 11.1 Å². The van der Waals surface area contributed by atoms with Crippen molar-refractivity contribution in [2.45, 2.75) is 24.9 Å². The van der Waals surface area contributed by atoms with Gasteiger partial charge in [0.2, 0.25) is 10.0 Å². The number of ether oxygens (including phenoxy) is 1. The van der Waals surface area contributed by atoms with Crippen molar-refractivity contribution < 1.29 is 17.5 Å². The maximum absolute atomic E-state index is 13.0. The van der Waals surface area contributed by atoms with Crippen molar-refractivity contribution in [3.8, 4) is 5.75 Å². The number of nitrogens with zero attached hydrogens (tertiary/aromatic N) is 3. The molecule has 0 saturated heterocycles. The minimum Gasteiger partial charge on any atom is -0.492 e. The molecule has 0 aliphatic heterocycles. The molecule has 0 fully saturated rings. The lowest BCUT2D eigenvalue weighted by atomic mass is 10.2. The minimum atomic E-state index is -3.73. The van der Waals surface area contributed by atoms with Crippen molar-refractivity contribution in [3.05, 3.63) is 69.0 Å². The molecule has 0 aliphatic rings. The smallest absolute Gasteiger partial charge is 0.317 e. The Morgan fingerprint density at radius 2 is 1.60 bits per heavy atom. The lowest BCUT2D eigenvalue weighted by Crippen LogP contribution is -2.42. The quantitative estimate of drug-likeness (QED) is 0.527. The van der Waals surface area contributed by atoms with Crippen LogP contribution in [0.2, 0.25) is 0 Å². The Kier molecular flexibility index (Phi) is 6.09. The Balaban J connectivity index is 2.08. The van der Waals surface area contributed by atoms with Crippen LogP contribution in [0.15, 0.2) is 56.9 Å². The van der Waals surface area contributed by atoms with E-state index in [9.17, 15) is 22.4 Å². The minimum absolute atomic E-state index is 0.00825. The number of benzene rings is 2. The van der Waals surface area contributed by atoms with Crippen molar-refractivity contribution in [1.29, 1.82) is 0 Å². The summed E-state index contributed by atoms with van der Waals surface area (Å²) >= 11 is 0. The van der Waals surface area contributed by atoms with Crippen LogP contribution in [0.5, 0.6) is 5.75 Å². The van der Waals surface area contributed by atoms with Gasteiger partial charge in [-0.2, -0.15) is 0 Å². The number of aromatic nitrogens is 2. The average molecular weight is 435 g/mol. The highest BCUT2D eigenvalue weighted by molar-refractivity contribution is 7.89. The van der Waals surface area contributed by atoms with Gasteiger partial charge in [0, 0.05) is 20.6 Å². The summed E-state index contributed by atoms with van der Waals surface area (Å²) in [7, 11) is -0.906. The molecule has 0 aliphatic carbocycles. The first-order valence-corrected chi connectivity index (χ1v) is 10.7. The first kappa shape index (κ1) is 21.7. The average Bonchev–Trinajstić information content (AvgIpc) is 2.72. The zero-order valence-electron chi connectivity index (χ0n) is 16.8. The van der Waals surface area contributed by atoms with Crippen LogP contribution in [0.1, 0.15) is 6.92 Å². The van der Waals surface area contributed by atoms with E-state index in [2.05, 4.69) is 0 Å². The molecule has 0 unspecified atom stereocenters. The van der Waals surface area contributed by atoms with Crippen LogP contribution in [0.25, 0.3) is 11.0 Å². The van der Waals surface area contributed by atoms with E-state index in [-0.39, 0.29) is 24.6 Å². The second-order valence-corrected chi connectivity index (χ2v) is 8.90. The highest BCUT2D eigenvalue weighted by atomic mass is 32.2. The molecule has 10 heteroatoms. The van der Waals surface area contributed by atoms with Gasteiger partial charge in [0.15, 0.2) is 0 Å². The van der Waals surface area contributed by atoms with E-state index in [1.807, 2.05) is 0 Å². The number of hydrogen-bond donors (Lipinski definition) is 0. The normalized spacial score (nSPS) is 11.9. The topological polar surface area (TPSA) is 90.6 Å². The summed E-state index contributed by atoms with van der Waals surface area (Å²) in [6, 6.07) is 9.71. The van der Waals surface area contributed by atoms with E-state index >= 15 is 0 Å². The molecule has 0 amide bonds. The highest BCUT2D eigenvalue weighted by Gasteiger charge is 2.20. The Hall–Kier alpha value is -2.98. The predicted octanol–water partition coefficient (Wildman–Crippen LogP) is 1.65. The van der Waals surface area contributed by atoms with Crippen molar-refractivity contribution in [2.24, 2.45) is 0 Å². The Labute approximate surface area is 172 Å². The van der Waals surface area contributed by atoms with Crippen LogP contribution in [-0.2, 0) is 23.1 Å². The first-order valence-electron chi connectivity index (χ1n) is 9.25. The Morgan fingerprint density at radius 3 is 2.20 bits per heavy atom. The van der Waals surface area contributed by atoms with E-state index in [0.717, 1.165) is 4.31 Å².